The Morgan fingerprint density at radius 1 is 0.239 bits per heavy atom. The Labute approximate surface area is 828 Å². The lowest BCUT2D eigenvalue weighted by molar-refractivity contribution is -0.143. The van der Waals surface area contributed by atoms with E-state index in [4.69, 9.17) is 34.4 Å². The standard InChI is InChI=1S/C90H141N21O21S6/c1-49(2)34-70(85(124)106-64(22-10-16-28-91)82(121)100-52(7)76(115)109-67(88(127)128)25-13-19-31-94)103-73(112)46-97-79(118)55-37-58-43-59(38-55)134-136-61-40-57(81(120)99-48-75(114)105-72(36-51(5)6)87(126)108-66(24-12-18-30-93)84(123)102-54(9)78(117)111-69(90(131)132)27-15-21-33-96)42-63(45-61)138-137-62-41-56(39-60(44-62)135-133-58)80(119)98-47-74(113)104-71(35-50(3)4)86(125)107-65(23-11-17-29-92)83(122)101-53(8)77(116)110-68(89(129)130)26-14-20-32-95/h37-45,49-54,64-72H,10-36,46-48,91-96H2,1-9H3,(H,97,118)(H,98,119)(H,99,120)(H,100,121)(H,101,122)(H,102,123)(H,103,112)(H,104,113)(H,105,114)(H,106,124)(H,107,125)(H,108,126)(H,109,115)(H,110,116)(H,111,117)(H,127,128)(H,129,130)(H,131,132)/t52-,53-,54-,64+,65+,66+,67?,68?,69?,70-,71-,72-/m0/s1. The van der Waals surface area contributed by atoms with Crippen LogP contribution in [-0.2, 0) is 71.9 Å². The molecule has 768 valence electrons. The first-order chi connectivity index (χ1) is 65.5. The van der Waals surface area contributed by atoms with Gasteiger partial charge in [0.05, 0.1) is 19.6 Å². The first-order valence-corrected chi connectivity index (χ1v) is 52.8. The van der Waals surface area contributed by atoms with Crippen LogP contribution < -0.4 is 114 Å². The lowest BCUT2D eigenvalue weighted by Gasteiger charge is -2.25. The normalized spacial score (nSPS) is 14.5. The van der Waals surface area contributed by atoms with Crippen molar-refractivity contribution in [3.8, 4) is 0 Å². The van der Waals surface area contributed by atoms with E-state index in [1.165, 1.54) is 85.5 Å². The van der Waals surface area contributed by atoms with E-state index in [1.807, 2.05) is 0 Å². The Morgan fingerprint density at radius 2 is 0.420 bits per heavy atom. The maximum atomic E-state index is 14.5. The molecule has 0 spiro atoms. The summed E-state index contributed by atoms with van der Waals surface area (Å²) in [5, 5.41) is 68.4. The number of carboxylic acids is 3. The van der Waals surface area contributed by atoms with Crippen LogP contribution in [0.5, 0.6) is 0 Å². The molecule has 1 heterocycles. The number of hydrogen-bond acceptors (Lipinski definition) is 30. The van der Waals surface area contributed by atoms with Crippen molar-refractivity contribution in [1.82, 2.24) is 79.8 Å². The highest BCUT2D eigenvalue weighted by Crippen LogP contribution is 2.47. The topological polar surface area (TPSA) is 705 Å². The molecule has 0 aromatic heterocycles. The molecule has 30 N–H and O–H groups in total. The molecule has 0 radical (unpaired) electrons. The zero-order chi connectivity index (χ0) is 103. The van der Waals surface area contributed by atoms with E-state index in [-0.39, 0.29) is 112 Å². The van der Waals surface area contributed by atoms with Gasteiger partial charge in [0.1, 0.15) is 72.5 Å². The third kappa shape index (κ3) is 46.4. The maximum absolute atomic E-state index is 14.5. The van der Waals surface area contributed by atoms with Gasteiger partial charge >= 0.3 is 17.9 Å². The predicted molar refractivity (Wildman–Crippen MR) is 530 cm³/mol. The molecular formula is C90H141N21O21S6. The van der Waals surface area contributed by atoms with Crippen LogP contribution in [0.1, 0.15) is 228 Å². The Morgan fingerprint density at radius 3 is 0.601 bits per heavy atom. The van der Waals surface area contributed by atoms with Gasteiger partial charge in [-0.3, -0.25) is 71.9 Å². The van der Waals surface area contributed by atoms with E-state index >= 15 is 0 Å². The first kappa shape index (κ1) is 120. The van der Waals surface area contributed by atoms with Gasteiger partial charge < -0.3 is 129 Å². The molecule has 138 heavy (non-hydrogen) atoms. The quantitative estimate of drug-likeness (QED) is 0.0285. The summed E-state index contributed by atoms with van der Waals surface area (Å²) in [5.74, 6) is -16.0. The van der Waals surface area contributed by atoms with E-state index in [1.54, 1.807) is 96.1 Å². The van der Waals surface area contributed by atoms with Crippen LogP contribution in [0.25, 0.3) is 0 Å². The van der Waals surface area contributed by atoms with Crippen LogP contribution in [0, 0.1) is 17.8 Å². The largest absolute Gasteiger partial charge is 0.480 e. The van der Waals surface area contributed by atoms with E-state index in [0.29, 0.717) is 126 Å². The summed E-state index contributed by atoms with van der Waals surface area (Å²) >= 11 is 0. The first-order valence-electron chi connectivity index (χ1n) is 46.4. The smallest absolute Gasteiger partial charge is 0.326 e. The molecule has 48 heteroatoms. The van der Waals surface area contributed by atoms with Crippen LogP contribution >= 0.6 is 64.8 Å². The zero-order valence-corrected chi connectivity index (χ0v) is 84.6. The third-order valence-corrected chi connectivity index (χ3v) is 28.1. The number of rotatable bonds is 63. The van der Waals surface area contributed by atoms with Crippen molar-refractivity contribution in [2.75, 3.05) is 58.9 Å². The number of carbonyl (C=O) groups excluding carboxylic acids is 15. The number of amides is 15. The summed E-state index contributed by atoms with van der Waals surface area (Å²) in [6.45, 7) is 14.6. The van der Waals surface area contributed by atoms with Crippen LogP contribution in [0.2, 0.25) is 0 Å². The Bertz CT molecular complexity index is 4080. The SMILES string of the molecule is CC(C)C[C@H](NC(=O)CNC(=O)c1cc2cc(c1)SSc1cc(cc(C(=O)NCC(=O)N[C@@H](CC(C)C)C(=O)N[C@H](CCCCN)C(=O)N[C@@H](C)C(=O)NC(CCCCN)C(=O)O)c1)SSc1cc(cc(C(=O)NCC(=O)N[C@@H](CC(C)C)C(=O)N[C@H](CCCCN)C(=O)N[C@@H](C)C(=O)NC(CCCCN)C(=O)O)c1)SS2)C(=O)N[C@H](CCCCN)C(=O)N[C@@H](C)C(=O)NC(CCCCN)C(=O)O. The summed E-state index contributed by atoms with van der Waals surface area (Å²) in [6, 6.07) is -0.377. The monoisotopic (exact) mass is 2040 g/mol. The Kier molecular flexibility index (Phi) is 56.7. The zero-order valence-electron chi connectivity index (χ0n) is 79.7. The number of nitrogens with one attached hydrogen (secondary N) is 15. The van der Waals surface area contributed by atoms with Crippen LogP contribution in [0.15, 0.2) is 84.0 Å². The molecule has 0 saturated carbocycles. The van der Waals surface area contributed by atoms with Gasteiger partial charge in [-0.1, -0.05) is 106 Å². The average molecular weight is 2050 g/mol. The van der Waals surface area contributed by atoms with E-state index in [9.17, 15) is 102 Å². The number of carbonyl (C=O) groups is 18. The molecule has 1 aliphatic rings. The minimum atomic E-state index is -1.28. The van der Waals surface area contributed by atoms with Crippen molar-refractivity contribution in [2.24, 2.45) is 52.2 Å². The Hall–Kier alpha value is -10.0. The summed E-state index contributed by atoms with van der Waals surface area (Å²) in [6.07, 6.45) is 5.98. The van der Waals surface area contributed by atoms with Crippen molar-refractivity contribution < 1.29 is 102 Å². The van der Waals surface area contributed by atoms with Crippen molar-refractivity contribution >= 4 is 171 Å². The number of hydrogen-bond donors (Lipinski definition) is 24. The fourth-order valence-corrected chi connectivity index (χ4v) is 20.1. The number of unbranched alkanes of at least 4 members (excludes halogenated alkanes) is 6. The summed E-state index contributed by atoms with van der Waals surface area (Å²) in [7, 11) is 7.09. The van der Waals surface area contributed by atoms with Gasteiger partial charge in [0.2, 0.25) is 70.9 Å². The van der Waals surface area contributed by atoms with Crippen molar-refractivity contribution in [1.29, 1.82) is 0 Å². The fraction of sp³-hybridized carbons (Fsp3) is 0.600. The highest BCUT2D eigenvalue weighted by Gasteiger charge is 2.36. The van der Waals surface area contributed by atoms with Gasteiger partial charge in [-0.25, -0.2) is 14.4 Å². The molecule has 3 unspecified atom stereocenters. The molecule has 6 bridgehead atoms. The molecule has 0 aliphatic carbocycles. The number of nitrogens with two attached hydrogens (primary N) is 6. The van der Waals surface area contributed by atoms with Gasteiger partial charge in [-0.2, -0.15) is 0 Å². The van der Waals surface area contributed by atoms with Crippen molar-refractivity contribution in [2.45, 2.75) is 299 Å². The minimum Gasteiger partial charge on any atom is -0.480 e. The van der Waals surface area contributed by atoms with Crippen LogP contribution in [0.4, 0.5) is 0 Å². The Balaban J connectivity index is 1.71. The number of carboxylic acid groups (broad SMARTS) is 3. The van der Waals surface area contributed by atoms with E-state index in [0.717, 1.165) is 0 Å². The second kappa shape index (κ2) is 65.1. The highest BCUT2D eigenvalue weighted by atomic mass is 33.1. The predicted octanol–water partition coefficient (Wildman–Crippen LogP) is 2.63. The molecule has 42 nitrogen and oxygen atoms in total. The van der Waals surface area contributed by atoms with E-state index in [2.05, 4.69) is 79.8 Å². The molecule has 0 saturated heterocycles. The van der Waals surface area contributed by atoms with E-state index < -0.39 is 199 Å². The minimum absolute atomic E-state index is 0.0499. The molecule has 15 amide bonds. The third-order valence-electron chi connectivity index (χ3n) is 21.1. The molecule has 0 fully saturated rings. The molecule has 1 aliphatic heterocycles. The number of fused-ring (bicyclic) bond motifs is 6. The van der Waals surface area contributed by atoms with Crippen LogP contribution in [0.3, 0.4) is 0 Å². The van der Waals surface area contributed by atoms with Gasteiger partial charge in [0.25, 0.3) is 17.7 Å². The molecular weight excluding hydrogens is 1900 g/mol. The average Bonchev–Trinajstić information content (AvgIpc) is 1.43. The number of aliphatic carboxylic acids is 3. The fourth-order valence-electron chi connectivity index (χ4n) is 13.7. The van der Waals surface area contributed by atoms with Crippen molar-refractivity contribution in [3.05, 3.63) is 71.3 Å². The maximum Gasteiger partial charge on any atom is 0.326 e. The van der Waals surface area contributed by atoms with Gasteiger partial charge in [0.15, 0.2) is 0 Å². The summed E-state index contributed by atoms with van der Waals surface area (Å²) in [4.78, 5) is 249. The van der Waals surface area contributed by atoms with Crippen molar-refractivity contribution in [3.63, 3.8) is 0 Å². The second-order valence-corrected chi connectivity index (χ2v) is 41.5. The van der Waals surface area contributed by atoms with Gasteiger partial charge in [0, 0.05) is 46.1 Å². The lowest BCUT2D eigenvalue weighted by atomic mass is 10.0. The molecule has 12 atom stereocenters. The second-order valence-electron chi connectivity index (χ2n) is 34.7. The lowest BCUT2D eigenvalue weighted by Crippen LogP contribution is -2.57. The molecule has 4 rings (SSSR count). The highest BCUT2D eigenvalue weighted by molar-refractivity contribution is 8.77. The summed E-state index contributed by atoms with van der Waals surface area (Å²) < 4.78 is 0. The van der Waals surface area contributed by atoms with Gasteiger partial charge in [-0.05, 0) is 267 Å². The number of benzene rings is 3. The van der Waals surface area contributed by atoms with Crippen LogP contribution in [-0.4, -0.2) is 253 Å². The summed E-state index contributed by atoms with van der Waals surface area (Å²) in [5.41, 5.74) is 34.2. The molecule has 3 aromatic carbocycles. The van der Waals surface area contributed by atoms with Gasteiger partial charge in [-0.15, -0.1) is 0 Å². The molecule has 3 aromatic rings.